The number of halogens is 1. The second-order valence-electron chi connectivity index (χ2n) is 3.19. The Labute approximate surface area is 107 Å². The molecule has 1 aromatic carbocycles. The predicted molar refractivity (Wildman–Crippen MR) is 65.5 cm³/mol. The fourth-order valence-corrected chi connectivity index (χ4v) is 1.61. The zero-order valence-corrected chi connectivity index (χ0v) is 10.9. The van der Waals surface area contributed by atoms with Crippen molar-refractivity contribution in [2.75, 3.05) is 20.3 Å². The maximum Gasteiger partial charge on any atom is 0.274 e. The summed E-state index contributed by atoms with van der Waals surface area (Å²) >= 11 is 3.27. The van der Waals surface area contributed by atoms with Gasteiger partial charge in [-0.05, 0) is 12.1 Å². The quantitative estimate of drug-likeness (QED) is 0.474. The Hall–Kier alpha value is -1.02. The molecule has 0 aliphatic heterocycles. The van der Waals surface area contributed by atoms with Crippen LogP contribution in [0.2, 0.25) is 0 Å². The second-order valence-corrected chi connectivity index (χ2v) is 4.11. The van der Waals surface area contributed by atoms with Crippen molar-refractivity contribution in [3.05, 3.63) is 38.3 Å². The van der Waals surface area contributed by atoms with E-state index in [0.29, 0.717) is 18.8 Å². The number of hydrogen-bond donors (Lipinski definition) is 1. The van der Waals surface area contributed by atoms with Crippen LogP contribution in [0.25, 0.3) is 0 Å². The van der Waals surface area contributed by atoms with Gasteiger partial charge >= 0.3 is 0 Å². The van der Waals surface area contributed by atoms with E-state index in [1.807, 2.05) is 0 Å². The molecule has 0 fully saturated rings. The van der Waals surface area contributed by atoms with Crippen LogP contribution in [0.4, 0.5) is 5.69 Å². The first kappa shape index (κ1) is 14.0. The van der Waals surface area contributed by atoms with E-state index in [2.05, 4.69) is 21.4 Å². The molecule has 0 aliphatic rings. The zero-order valence-electron chi connectivity index (χ0n) is 9.31. The van der Waals surface area contributed by atoms with Crippen LogP contribution in [0.1, 0.15) is 5.56 Å². The first-order chi connectivity index (χ1) is 8.15. The highest BCUT2D eigenvalue weighted by Gasteiger charge is 2.13. The van der Waals surface area contributed by atoms with E-state index < -0.39 is 4.92 Å². The molecule has 0 radical (unpaired) electrons. The molecule has 7 heteroatoms. The maximum absolute atomic E-state index is 10.8. The average Bonchev–Trinajstić information content (AvgIpc) is 2.28. The Morgan fingerprint density at radius 1 is 1.47 bits per heavy atom. The number of ether oxygens (including phenoxy) is 1. The molecule has 0 saturated heterocycles. The Kier molecular flexibility index (Phi) is 6.06. The lowest BCUT2D eigenvalue weighted by atomic mass is 10.2. The number of benzene rings is 1. The number of nitro benzene ring substituents is 1. The summed E-state index contributed by atoms with van der Waals surface area (Å²) in [6.07, 6.45) is 0. The largest absolute Gasteiger partial charge is 0.382 e. The second kappa shape index (κ2) is 7.33. The van der Waals surface area contributed by atoms with Crippen LogP contribution in [0.15, 0.2) is 22.7 Å². The molecule has 0 saturated carbocycles. The number of rotatable bonds is 7. The third kappa shape index (κ3) is 4.78. The van der Waals surface area contributed by atoms with Gasteiger partial charge in [-0.15, -0.1) is 0 Å². The number of nitro groups is 1. The zero-order chi connectivity index (χ0) is 12.7. The lowest BCUT2D eigenvalue weighted by molar-refractivity contribution is -0.385. The van der Waals surface area contributed by atoms with Gasteiger partial charge in [-0.25, -0.2) is 0 Å². The van der Waals surface area contributed by atoms with Crippen molar-refractivity contribution in [2.24, 2.45) is 0 Å². The minimum Gasteiger partial charge on any atom is -0.382 e. The number of nitrogens with zero attached hydrogens (tertiary/aromatic N) is 1. The molecular weight excluding hydrogens is 292 g/mol. The topological polar surface area (TPSA) is 73.6 Å². The normalized spacial score (nSPS) is 10.5. The Morgan fingerprint density at radius 3 is 2.88 bits per heavy atom. The first-order valence-corrected chi connectivity index (χ1v) is 5.71. The summed E-state index contributed by atoms with van der Waals surface area (Å²) in [4.78, 5) is 15.4. The fourth-order valence-electron chi connectivity index (χ4n) is 1.20. The number of hydroxylamine groups is 1. The van der Waals surface area contributed by atoms with Crippen LogP contribution in [0, 0.1) is 10.1 Å². The van der Waals surface area contributed by atoms with Gasteiger partial charge in [0.15, 0.2) is 0 Å². The van der Waals surface area contributed by atoms with E-state index in [0.717, 1.165) is 4.47 Å². The monoisotopic (exact) mass is 304 g/mol. The van der Waals surface area contributed by atoms with Gasteiger partial charge in [0, 0.05) is 23.2 Å². The van der Waals surface area contributed by atoms with E-state index >= 15 is 0 Å². The molecule has 0 heterocycles. The van der Waals surface area contributed by atoms with Crippen molar-refractivity contribution in [3.8, 4) is 0 Å². The van der Waals surface area contributed by atoms with Gasteiger partial charge < -0.3 is 4.74 Å². The minimum absolute atomic E-state index is 0.0658. The van der Waals surface area contributed by atoms with Gasteiger partial charge in [-0.2, -0.15) is 5.48 Å². The molecule has 0 aromatic heterocycles. The summed E-state index contributed by atoms with van der Waals surface area (Å²) in [5, 5.41) is 10.8. The SMILES string of the molecule is COCCONCc1cc(Br)ccc1[N+](=O)[O-]. The van der Waals surface area contributed by atoms with Crippen molar-refractivity contribution >= 4 is 21.6 Å². The smallest absolute Gasteiger partial charge is 0.274 e. The predicted octanol–water partition coefficient (Wildman–Crippen LogP) is 2.02. The Morgan fingerprint density at radius 2 is 2.24 bits per heavy atom. The van der Waals surface area contributed by atoms with Crippen molar-refractivity contribution in [3.63, 3.8) is 0 Å². The third-order valence-electron chi connectivity index (χ3n) is 1.99. The summed E-state index contributed by atoms with van der Waals surface area (Å²) in [6.45, 7) is 1.12. The molecule has 0 atom stereocenters. The van der Waals surface area contributed by atoms with Gasteiger partial charge in [0.05, 0.1) is 24.7 Å². The van der Waals surface area contributed by atoms with Crippen molar-refractivity contribution in [1.82, 2.24) is 5.48 Å². The molecule has 1 N–H and O–H groups in total. The Bertz CT molecular complexity index is 387. The first-order valence-electron chi connectivity index (χ1n) is 4.91. The van der Waals surface area contributed by atoms with Crippen LogP contribution in [0.3, 0.4) is 0 Å². The highest BCUT2D eigenvalue weighted by Crippen LogP contribution is 2.22. The summed E-state index contributed by atoms with van der Waals surface area (Å²) in [6, 6.07) is 4.77. The molecule has 0 unspecified atom stereocenters. The fraction of sp³-hybridized carbons (Fsp3) is 0.400. The van der Waals surface area contributed by atoms with Gasteiger partial charge in [0.25, 0.3) is 5.69 Å². The molecule has 1 aromatic rings. The summed E-state index contributed by atoms with van der Waals surface area (Å²) in [5.74, 6) is 0. The summed E-state index contributed by atoms with van der Waals surface area (Å²) in [5.41, 5.74) is 3.28. The summed E-state index contributed by atoms with van der Waals surface area (Å²) in [7, 11) is 1.57. The molecule has 6 nitrogen and oxygen atoms in total. The van der Waals surface area contributed by atoms with E-state index in [4.69, 9.17) is 9.57 Å². The molecule has 0 spiro atoms. The molecule has 17 heavy (non-hydrogen) atoms. The van der Waals surface area contributed by atoms with Gasteiger partial charge in [0.2, 0.25) is 0 Å². The van der Waals surface area contributed by atoms with Gasteiger partial charge in [-0.1, -0.05) is 15.9 Å². The van der Waals surface area contributed by atoms with E-state index in [9.17, 15) is 10.1 Å². The molecule has 1 rings (SSSR count). The van der Waals surface area contributed by atoms with E-state index in [1.165, 1.54) is 6.07 Å². The average molecular weight is 305 g/mol. The van der Waals surface area contributed by atoms with Crippen LogP contribution < -0.4 is 5.48 Å². The van der Waals surface area contributed by atoms with Crippen LogP contribution in [-0.2, 0) is 16.1 Å². The molecule has 0 bridgehead atoms. The lowest BCUT2D eigenvalue weighted by Crippen LogP contribution is -2.17. The number of hydrogen-bond acceptors (Lipinski definition) is 5. The van der Waals surface area contributed by atoms with Crippen LogP contribution >= 0.6 is 15.9 Å². The third-order valence-corrected chi connectivity index (χ3v) is 2.49. The van der Waals surface area contributed by atoms with Crippen LogP contribution in [0.5, 0.6) is 0 Å². The molecular formula is C10H13BrN2O4. The van der Waals surface area contributed by atoms with Crippen LogP contribution in [-0.4, -0.2) is 25.2 Å². The van der Waals surface area contributed by atoms with Crippen molar-refractivity contribution in [1.29, 1.82) is 0 Å². The molecule has 94 valence electrons. The van der Waals surface area contributed by atoms with Crippen molar-refractivity contribution in [2.45, 2.75) is 6.54 Å². The standard InChI is InChI=1S/C10H13BrN2O4/c1-16-4-5-17-12-7-8-6-9(11)2-3-10(8)13(14)15/h2-3,6,12H,4-5,7H2,1H3. The van der Waals surface area contributed by atoms with Gasteiger partial charge in [0.1, 0.15) is 0 Å². The highest BCUT2D eigenvalue weighted by atomic mass is 79.9. The molecule has 0 amide bonds. The number of methoxy groups -OCH3 is 1. The van der Waals surface area contributed by atoms with Gasteiger partial charge in [-0.3, -0.25) is 15.0 Å². The number of nitrogens with one attached hydrogen (secondary N) is 1. The van der Waals surface area contributed by atoms with E-state index in [-0.39, 0.29) is 12.2 Å². The molecule has 0 aliphatic carbocycles. The highest BCUT2D eigenvalue weighted by molar-refractivity contribution is 9.10. The Balaban J connectivity index is 2.56. The lowest BCUT2D eigenvalue weighted by Gasteiger charge is -2.06. The maximum atomic E-state index is 10.8. The van der Waals surface area contributed by atoms with E-state index in [1.54, 1.807) is 19.2 Å². The van der Waals surface area contributed by atoms with Crippen molar-refractivity contribution < 1.29 is 14.5 Å². The summed E-state index contributed by atoms with van der Waals surface area (Å²) < 4.78 is 5.58. The minimum atomic E-state index is -0.418.